The highest BCUT2D eigenvalue weighted by Crippen LogP contribution is 2.18. The van der Waals surface area contributed by atoms with Crippen LogP contribution in [0.5, 0.6) is 5.75 Å². The largest absolute Gasteiger partial charge is 0.489 e. The number of hydrogen-bond donors (Lipinski definition) is 1. The van der Waals surface area contributed by atoms with Gasteiger partial charge in [0.05, 0.1) is 0 Å². The molecule has 1 aromatic rings. The standard InChI is InChI=1S/C13H19F2NO/c1-4-13(16-5-2)9(3)17-12-7-10(14)6-11(15)8-12/h6-9,13,16H,4-5H2,1-3H3. The van der Waals surface area contributed by atoms with E-state index in [0.717, 1.165) is 19.0 Å². The van der Waals surface area contributed by atoms with Crippen LogP contribution in [0, 0.1) is 11.6 Å². The lowest BCUT2D eigenvalue weighted by atomic mass is 10.1. The minimum atomic E-state index is -0.622. The molecule has 0 spiro atoms. The van der Waals surface area contributed by atoms with Gasteiger partial charge in [-0.05, 0) is 19.9 Å². The molecule has 0 fully saturated rings. The number of rotatable bonds is 6. The van der Waals surface area contributed by atoms with Crippen LogP contribution < -0.4 is 10.1 Å². The molecule has 1 rings (SSSR count). The summed E-state index contributed by atoms with van der Waals surface area (Å²) in [5.74, 6) is -1.02. The zero-order chi connectivity index (χ0) is 12.8. The Bertz CT molecular complexity index is 337. The predicted octanol–water partition coefficient (Wildman–Crippen LogP) is 3.12. The quantitative estimate of drug-likeness (QED) is 0.828. The Morgan fingerprint density at radius 3 is 2.24 bits per heavy atom. The molecule has 2 atom stereocenters. The van der Waals surface area contributed by atoms with E-state index in [4.69, 9.17) is 4.74 Å². The fraction of sp³-hybridized carbons (Fsp3) is 0.538. The van der Waals surface area contributed by atoms with E-state index in [1.54, 1.807) is 0 Å². The average molecular weight is 243 g/mol. The Morgan fingerprint density at radius 2 is 1.76 bits per heavy atom. The lowest BCUT2D eigenvalue weighted by Crippen LogP contribution is -2.40. The van der Waals surface area contributed by atoms with Crippen LogP contribution in [-0.2, 0) is 0 Å². The minimum absolute atomic E-state index is 0.138. The molecule has 4 heteroatoms. The second kappa shape index (κ2) is 6.55. The van der Waals surface area contributed by atoms with Crippen molar-refractivity contribution in [2.75, 3.05) is 6.54 Å². The Balaban J connectivity index is 2.68. The van der Waals surface area contributed by atoms with Gasteiger partial charge in [0.1, 0.15) is 23.5 Å². The maximum Gasteiger partial charge on any atom is 0.129 e. The van der Waals surface area contributed by atoms with Gasteiger partial charge in [0.2, 0.25) is 0 Å². The summed E-state index contributed by atoms with van der Waals surface area (Å²) in [4.78, 5) is 0. The maximum atomic E-state index is 13.0. The Labute approximate surface area is 101 Å². The molecule has 0 heterocycles. The Morgan fingerprint density at radius 1 is 1.18 bits per heavy atom. The molecule has 2 nitrogen and oxygen atoms in total. The molecule has 0 aliphatic heterocycles. The molecule has 0 aliphatic rings. The number of halogens is 2. The first-order valence-corrected chi connectivity index (χ1v) is 5.93. The summed E-state index contributed by atoms with van der Waals surface area (Å²) in [7, 11) is 0. The number of nitrogens with one attached hydrogen (secondary N) is 1. The third kappa shape index (κ3) is 4.30. The fourth-order valence-electron chi connectivity index (χ4n) is 1.80. The van der Waals surface area contributed by atoms with E-state index < -0.39 is 11.6 Å². The first-order valence-electron chi connectivity index (χ1n) is 5.93. The van der Waals surface area contributed by atoms with Crippen LogP contribution in [0.25, 0.3) is 0 Å². The highest BCUT2D eigenvalue weighted by Gasteiger charge is 2.16. The molecule has 0 bridgehead atoms. The van der Waals surface area contributed by atoms with Crippen LogP contribution in [0.15, 0.2) is 18.2 Å². The van der Waals surface area contributed by atoms with Gasteiger partial charge in [-0.15, -0.1) is 0 Å². The highest BCUT2D eigenvalue weighted by atomic mass is 19.1. The van der Waals surface area contributed by atoms with Crippen LogP contribution >= 0.6 is 0 Å². The van der Waals surface area contributed by atoms with Gasteiger partial charge in [-0.1, -0.05) is 13.8 Å². The summed E-state index contributed by atoms with van der Waals surface area (Å²) in [5.41, 5.74) is 0. The molecular formula is C13H19F2NO. The van der Waals surface area contributed by atoms with Gasteiger partial charge in [-0.25, -0.2) is 8.78 Å². The lowest BCUT2D eigenvalue weighted by Gasteiger charge is -2.24. The van der Waals surface area contributed by atoms with Gasteiger partial charge in [0.25, 0.3) is 0 Å². The first-order chi connectivity index (χ1) is 8.06. The fourth-order valence-corrected chi connectivity index (χ4v) is 1.80. The van der Waals surface area contributed by atoms with Crippen molar-refractivity contribution in [3.05, 3.63) is 29.8 Å². The second-order valence-corrected chi connectivity index (χ2v) is 4.00. The minimum Gasteiger partial charge on any atom is -0.489 e. The van der Waals surface area contributed by atoms with Crippen LogP contribution in [0.1, 0.15) is 27.2 Å². The van der Waals surface area contributed by atoms with Crippen LogP contribution in [-0.4, -0.2) is 18.7 Å². The molecule has 2 unspecified atom stereocenters. The van der Waals surface area contributed by atoms with E-state index in [-0.39, 0.29) is 17.9 Å². The summed E-state index contributed by atoms with van der Waals surface area (Å²) >= 11 is 0. The van der Waals surface area contributed by atoms with Gasteiger partial charge in [-0.2, -0.15) is 0 Å². The van der Waals surface area contributed by atoms with Crippen molar-refractivity contribution in [1.82, 2.24) is 5.32 Å². The van der Waals surface area contributed by atoms with Crippen molar-refractivity contribution in [1.29, 1.82) is 0 Å². The lowest BCUT2D eigenvalue weighted by molar-refractivity contribution is 0.167. The van der Waals surface area contributed by atoms with Gasteiger partial charge in [-0.3, -0.25) is 0 Å². The molecule has 1 aromatic carbocycles. The van der Waals surface area contributed by atoms with E-state index in [1.165, 1.54) is 12.1 Å². The molecule has 0 radical (unpaired) electrons. The molecule has 0 amide bonds. The summed E-state index contributed by atoms with van der Waals surface area (Å²) in [6.07, 6.45) is 0.758. The van der Waals surface area contributed by atoms with Crippen molar-refractivity contribution >= 4 is 0 Å². The summed E-state index contributed by atoms with van der Waals surface area (Å²) in [6, 6.07) is 3.39. The predicted molar refractivity (Wildman–Crippen MR) is 64.2 cm³/mol. The van der Waals surface area contributed by atoms with Crippen molar-refractivity contribution in [3.8, 4) is 5.75 Å². The zero-order valence-electron chi connectivity index (χ0n) is 10.5. The molecule has 0 saturated heterocycles. The third-order valence-corrected chi connectivity index (χ3v) is 2.63. The third-order valence-electron chi connectivity index (χ3n) is 2.63. The molecular weight excluding hydrogens is 224 g/mol. The molecule has 1 N–H and O–H groups in total. The van der Waals surface area contributed by atoms with E-state index in [0.29, 0.717) is 0 Å². The average Bonchev–Trinajstić information content (AvgIpc) is 2.24. The van der Waals surface area contributed by atoms with Gasteiger partial charge in [0.15, 0.2) is 0 Å². The number of hydrogen-bond acceptors (Lipinski definition) is 2. The van der Waals surface area contributed by atoms with Crippen LogP contribution in [0.2, 0.25) is 0 Å². The van der Waals surface area contributed by atoms with Crippen LogP contribution in [0.3, 0.4) is 0 Å². The number of likely N-dealkylation sites (N-methyl/N-ethyl adjacent to an activating group) is 1. The maximum absolute atomic E-state index is 13.0. The van der Waals surface area contributed by atoms with Crippen LogP contribution in [0.4, 0.5) is 8.78 Å². The molecule has 0 aromatic heterocycles. The monoisotopic (exact) mass is 243 g/mol. The van der Waals surface area contributed by atoms with E-state index in [2.05, 4.69) is 5.32 Å². The van der Waals surface area contributed by atoms with Crippen molar-refractivity contribution in [3.63, 3.8) is 0 Å². The number of benzene rings is 1. The van der Waals surface area contributed by atoms with Crippen molar-refractivity contribution < 1.29 is 13.5 Å². The van der Waals surface area contributed by atoms with E-state index >= 15 is 0 Å². The van der Waals surface area contributed by atoms with Crippen molar-refractivity contribution in [2.24, 2.45) is 0 Å². The molecule has 17 heavy (non-hydrogen) atoms. The SMILES string of the molecule is CCNC(CC)C(C)Oc1cc(F)cc(F)c1. The topological polar surface area (TPSA) is 21.3 Å². The van der Waals surface area contributed by atoms with E-state index in [1.807, 2.05) is 20.8 Å². The summed E-state index contributed by atoms with van der Waals surface area (Å²) in [6.45, 7) is 6.78. The van der Waals surface area contributed by atoms with E-state index in [9.17, 15) is 8.78 Å². The molecule has 0 aliphatic carbocycles. The van der Waals surface area contributed by atoms with Gasteiger partial charge < -0.3 is 10.1 Å². The van der Waals surface area contributed by atoms with Crippen molar-refractivity contribution in [2.45, 2.75) is 39.3 Å². The van der Waals surface area contributed by atoms with Gasteiger partial charge in [0, 0.05) is 24.2 Å². The Hall–Kier alpha value is -1.16. The normalized spacial score (nSPS) is 14.4. The molecule has 96 valence electrons. The highest BCUT2D eigenvalue weighted by molar-refractivity contribution is 5.24. The second-order valence-electron chi connectivity index (χ2n) is 4.00. The summed E-state index contributed by atoms with van der Waals surface area (Å²) in [5, 5.41) is 3.27. The first kappa shape index (κ1) is 13.9. The summed E-state index contributed by atoms with van der Waals surface area (Å²) < 4.78 is 31.5. The number of ether oxygens (including phenoxy) is 1. The van der Waals surface area contributed by atoms with Gasteiger partial charge >= 0.3 is 0 Å². The smallest absolute Gasteiger partial charge is 0.129 e. The molecule has 0 saturated carbocycles. The zero-order valence-corrected chi connectivity index (χ0v) is 10.5. The Kier molecular flexibility index (Phi) is 5.35.